The molecule has 1 amide bonds. The third-order valence-corrected chi connectivity index (χ3v) is 5.16. The number of nitrogen functional groups attached to an aromatic ring is 1. The number of rotatable bonds is 3. The second kappa shape index (κ2) is 7.99. The molecule has 0 radical (unpaired) electrons. The van der Waals surface area contributed by atoms with Crippen LogP contribution in [-0.4, -0.2) is 45.1 Å². The molecule has 0 spiro atoms. The molecule has 1 aromatic heterocycles. The van der Waals surface area contributed by atoms with E-state index in [0.717, 1.165) is 12.1 Å². The van der Waals surface area contributed by atoms with Crippen LogP contribution in [0.2, 0.25) is 0 Å². The highest BCUT2D eigenvalue weighted by Gasteiger charge is 2.30. The number of hydrogen-bond acceptors (Lipinski definition) is 5. The first-order valence-corrected chi connectivity index (χ1v) is 9.60. The van der Waals surface area contributed by atoms with Gasteiger partial charge in [0.05, 0.1) is 23.6 Å². The van der Waals surface area contributed by atoms with E-state index in [4.69, 9.17) is 5.73 Å². The van der Waals surface area contributed by atoms with Crippen molar-refractivity contribution in [1.29, 1.82) is 0 Å². The van der Waals surface area contributed by atoms with Crippen molar-refractivity contribution >= 4 is 11.7 Å². The Bertz CT molecular complexity index is 1100. The third-order valence-electron chi connectivity index (χ3n) is 5.16. The van der Waals surface area contributed by atoms with E-state index in [9.17, 15) is 23.1 Å². The van der Waals surface area contributed by atoms with Crippen LogP contribution in [0.15, 0.2) is 54.7 Å². The number of likely N-dealkylation sites (tertiary alicyclic amines) is 1. The number of carbonyl (C=O) groups excluding carboxylic acids is 1. The van der Waals surface area contributed by atoms with Gasteiger partial charge in [0.1, 0.15) is 11.5 Å². The molecule has 0 aliphatic carbocycles. The van der Waals surface area contributed by atoms with Gasteiger partial charge in [-0.2, -0.15) is 13.2 Å². The number of β-amino-alcohol motifs (C(OH)–C–C–N with tert-alkyl or cyclic N) is 1. The molecule has 160 valence electrons. The molecular formula is C22H19F3N4O2. The summed E-state index contributed by atoms with van der Waals surface area (Å²) >= 11 is 0. The molecule has 0 bridgehead atoms. The zero-order valence-corrected chi connectivity index (χ0v) is 16.3. The van der Waals surface area contributed by atoms with Gasteiger partial charge in [0.15, 0.2) is 0 Å². The number of anilines is 1. The predicted molar refractivity (Wildman–Crippen MR) is 109 cm³/mol. The Kier molecular flexibility index (Phi) is 5.36. The first kappa shape index (κ1) is 20.8. The summed E-state index contributed by atoms with van der Waals surface area (Å²) < 4.78 is 38.4. The number of aromatic nitrogens is 2. The maximum atomic E-state index is 12.8. The normalized spacial score (nSPS) is 16.5. The van der Waals surface area contributed by atoms with Gasteiger partial charge in [0.25, 0.3) is 5.91 Å². The summed E-state index contributed by atoms with van der Waals surface area (Å²) in [6.07, 6.45) is -2.88. The Morgan fingerprint density at radius 3 is 2.29 bits per heavy atom. The second-order valence-electron chi connectivity index (χ2n) is 7.34. The fraction of sp³-hybridized carbons (Fsp3) is 0.227. The molecule has 31 heavy (non-hydrogen) atoms. The molecule has 2 aromatic carbocycles. The maximum Gasteiger partial charge on any atom is 0.416 e. The van der Waals surface area contributed by atoms with Gasteiger partial charge >= 0.3 is 6.18 Å². The Morgan fingerprint density at radius 2 is 1.71 bits per heavy atom. The minimum absolute atomic E-state index is 0.0999. The number of hydrogen-bond donors (Lipinski definition) is 2. The number of alkyl halides is 3. The van der Waals surface area contributed by atoms with E-state index in [0.29, 0.717) is 41.9 Å². The first-order chi connectivity index (χ1) is 14.7. The van der Waals surface area contributed by atoms with Crippen LogP contribution < -0.4 is 5.73 Å². The van der Waals surface area contributed by atoms with E-state index in [1.54, 1.807) is 29.2 Å². The molecule has 0 saturated carbocycles. The Labute approximate surface area is 176 Å². The number of halogens is 3. The van der Waals surface area contributed by atoms with Crippen LogP contribution >= 0.6 is 0 Å². The van der Waals surface area contributed by atoms with E-state index in [2.05, 4.69) is 9.97 Å². The number of benzene rings is 2. The number of nitrogens with two attached hydrogens (primary N) is 1. The summed E-state index contributed by atoms with van der Waals surface area (Å²) in [5, 5.41) is 9.61. The fourth-order valence-corrected chi connectivity index (χ4v) is 3.46. The summed E-state index contributed by atoms with van der Waals surface area (Å²) in [5.74, 6) is -0.0557. The summed E-state index contributed by atoms with van der Waals surface area (Å²) in [5.41, 5.74) is 7.47. The number of amides is 1. The summed E-state index contributed by atoms with van der Waals surface area (Å²) in [6, 6.07) is 11.3. The van der Waals surface area contributed by atoms with Gasteiger partial charge in [-0.1, -0.05) is 24.3 Å². The molecular weight excluding hydrogens is 409 g/mol. The SMILES string of the molecule is Nc1ncc(-c2ccc(C(=O)N3CC[C@H](O)C3)cc2)nc1-c1ccc(C(F)(F)F)cc1. The van der Waals surface area contributed by atoms with E-state index >= 15 is 0 Å². The monoisotopic (exact) mass is 428 g/mol. The van der Waals surface area contributed by atoms with E-state index in [1.807, 2.05) is 0 Å². The van der Waals surface area contributed by atoms with Crippen LogP contribution in [0.25, 0.3) is 22.5 Å². The lowest BCUT2D eigenvalue weighted by Crippen LogP contribution is -2.29. The quantitative estimate of drug-likeness (QED) is 0.665. The van der Waals surface area contributed by atoms with Gasteiger partial charge in [0.2, 0.25) is 0 Å². The number of aliphatic hydroxyl groups excluding tert-OH is 1. The average molecular weight is 428 g/mol. The molecule has 1 aliphatic heterocycles. The smallest absolute Gasteiger partial charge is 0.391 e. The average Bonchev–Trinajstić information content (AvgIpc) is 3.19. The largest absolute Gasteiger partial charge is 0.416 e. The van der Waals surface area contributed by atoms with Crippen molar-refractivity contribution in [2.24, 2.45) is 0 Å². The van der Waals surface area contributed by atoms with Crippen molar-refractivity contribution in [1.82, 2.24) is 14.9 Å². The molecule has 1 fully saturated rings. The van der Waals surface area contributed by atoms with Gasteiger partial charge in [-0.25, -0.2) is 9.97 Å². The van der Waals surface area contributed by atoms with E-state index in [-0.39, 0.29) is 17.4 Å². The standard InChI is InChI=1S/C22H19F3N4O2/c23-22(24,25)16-7-5-14(6-8-16)19-20(26)27-11-18(28-19)13-1-3-15(4-2-13)21(31)29-10-9-17(30)12-29/h1-8,11,17,30H,9-10,12H2,(H2,26,27)/t17-/m0/s1. The van der Waals surface area contributed by atoms with Crippen LogP contribution in [0, 0.1) is 0 Å². The summed E-state index contributed by atoms with van der Waals surface area (Å²) in [4.78, 5) is 22.7. The second-order valence-corrected chi connectivity index (χ2v) is 7.34. The molecule has 1 aliphatic rings. The topological polar surface area (TPSA) is 92.3 Å². The lowest BCUT2D eigenvalue weighted by molar-refractivity contribution is -0.137. The van der Waals surface area contributed by atoms with Crippen LogP contribution in [-0.2, 0) is 6.18 Å². The van der Waals surface area contributed by atoms with Crippen molar-refractivity contribution in [2.75, 3.05) is 18.8 Å². The van der Waals surface area contributed by atoms with Crippen molar-refractivity contribution in [3.8, 4) is 22.5 Å². The maximum absolute atomic E-state index is 12.8. The van der Waals surface area contributed by atoms with Crippen LogP contribution in [0.4, 0.5) is 19.0 Å². The summed E-state index contributed by atoms with van der Waals surface area (Å²) in [6.45, 7) is 0.836. The van der Waals surface area contributed by atoms with E-state index in [1.165, 1.54) is 18.3 Å². The molecule has 1 saturated heterocycles. The van der Waals surface area contributed by atoms with Crippen molar-refractivity contribution < 1.29 is 23.1 Å². The highest BCUT2D eigenvalue weighted by atomic mass is 19.4. The number of aliphatic hydroxyl groups is 1. The van der Waals surface area contributed by atoms with Gasteiger partial charge in [-0.3, -0.25) is 4.79 Å². The van der Waals surface area contributed by atoms with Crippen LogP contribution in [0.5, 0.6) is 0 Å². The number of nitrogens with zero attached hydrogens (tertiary/aromatic N) is 3. The molecule has 6 nitrogen and oxygen atoms in total. The van der Waals surface area contributed by atoms with Crippen molar-refractivity contribution in [2.45, 2.75) is 18.7 Å². The Morgan fingerprint density at radius 1 is 1.06 bits per heavy atom. The van der Waals surface area contributed by atoms with Crippen molar-refractivity contribution in [3.05, 3.63) is 65.9 Å². The first-order valence-electron chi connectivity index (χ1n) is 9.60. The van der Waals surface area contributed by atoms with Gasteiger partial charge in [-0.15, -0.1) is 0 Å². The lowest BCUT2D eigenvalue weighted by Gasteiger charge is -2.15. The lowest BCUT2D eigenvalue weighted by atomic mass is 10.1. The van der Waals surface area contributed by atoms with E-state index < -0.39 is 17.8 Å². The molecule has 2 heterocycles. The van der Waals surface area contributed by atoms with Gasteiger partial charge in [0, 0.05) is 29.8 Å². The molecule has 0 unspecified atom stereocenters. The zero-order chi connectivity index (χ0) is 22.2. The predicted octanol–water partition coefficient (Wildman–Crippen LogP) is 3.62. The zero-order valence-electron chi connectivity index (χ0n) is 16.3. The molecule has 3 N–H and O–H groups in total. The molecule has 1 atom stereocenters. The van der Waals surface area contributed by atoms with Crippen molar-refractivity contribution in [3.63, 3.8) is 0 Å². The molecule has 4 rings (SSSR count). The van der Waals surface area contributed by atoms with Crippen LogP contribution in [0.1, 0.15) is 22.3 Å². The van der Waals surface area contributed by atoms with Gasteiger partial charge in [-0.05, 0) is 30.7 Å². The third kappa shape index (κ3) is 4.36. The summed E-state index contributed by atoms with van der Waals surface area (Å²) in [7, 11) is 0. The van der Waals surface area contributed by atoms with Gasteiger partial charge < -0.3 is 15.7 Å². The highest BCUT2D eigenvalue weighted by molar-refractivity contribution is 5.95. The Balaban J connectivity index is 1.59. The Hall–Kier alpha value is -3.46. The molecule has 9 heteroatoms. The highest BCUT2D eigenvalue weighted by Crippen LogP contribution is 2.32. The number of carbonyl (C=O) groups is 1. The minimum atomic E-state index is -4.43. The fourth-order valence-electron chi connectivity index (χ4n) is 3.46. The van der Waals surface area contributed by atoms with Crippen LogP contribution in [0.3, 0.4) is 0 Å². The minimum Gasteiger partial charge on any atom is -0.391 e. The molecule has 3 aromatic rings.